The predicted octanol–water partition coefficient (Wildman–Crippen LogP) is 5.34. The number of amides is 1. The van der Waals surface area contributed by atoms with E-state index in [-0.39, 0.29) is 5.69 Å². The molecule has 0 saturated heterocycles. The number of benzene rings is 2. The van der Waals surface area contributed by atoms with Gasteiger partial charge in [-0.05, 0) is 49.9 Å². The number of aromatic nitrogens is 4. The molecule has 0 unspecified atom stereocenters. The molecule has 0 N–H and O–H groups in total. The van der Waals surface area contributed by atoms with Crippen LogP contribution in [-0.4, -0.2) is 37.8 Å². The third-order valence-electron chi connectivity index (χ3n) is 6.04. The summed E-state index contributed by atoms with van der Waals surface area (Å²) in [7, 11) is 3.40. The third-order valence-corrected chi connectivity index (χ3v) is 6.04. The van der Waals surface area contributed by atoms with Crippen molar-refractivity contribution in [3.63, 3.8) is 0 Å². The van der Waals surface area contributed by atoms with E-state index in [1.54, 1.807) is 29.4 Å². The minimum Gasteiger partial charge on any atom is -0.443 e. The van der Waals surface area contributed by atoms with Gasteiger partial charge in [-0.3, -0.25) is 14.0 Å². The van der Waals surface area contributed by atoms with E-state index < -0.39 is 11.7 Å². The Balaban J connectivity index is 1.67. The van der Waals surface area contributed by atoms with Crippen LogP contribution in [0.1, 0.15) is 51.7 Å². The fourth-order valence-corrected chi connectivity index (χ4v) is 4.10. The van der Waals surface area contributed by atoms with Crippen LogP contribution in [-0.2, 0) is 18.3 Å². The molecule has 2 aromatic carbocycles. The molecular formula is C28H33N5O3. The lowest BCUT2D eigenvalue weighted by Gasteiger charge is -2.24. The Labute approximate surface area is 211 Å². The van der Waals surface area contributed by atoms with Gasteiger partial charge in [-0.1, -0.05) is 50.2 Å². The van der Waals surface area contributed by atoms with Crippen molar-refractivity contribution >= 4 is 22.9 Å². The topological polar surface area (TPSA) is 82.2 Å². The summed E-state index contributed by atoms with van der Waals surface area (Å²) in [5.41, 5.74) is 4.26. The first-order valence-corrected chi connectivity index (χ1v) is 12.0. The van der Waals surface area contributed by atoms with Crippen LogP contribution in [0.5, 0.6) is 0 Å². The van der Waals surface area contributed by atoms with Crippen LogP contribution in [0, 0.1) is 0 Å². The molecule has 188 valence electrons. The van der Waals surface area contributed by atoms with Crippen molar-refractivity contribution in [2.24, 2.45) is 7.05 Å². The first kappa shape index (κ1) is 25.2. The molecule has 0 aliphatic rings. The first-order valence-electron chi connectivity index (χ1n) is 12.0. The number of anilines is 1. The molecular weight excluding hydrogens is 454 g/mol. The number of ether oxygens (including phenoxy) is 1. The van der Waals surface area contributed by atoms with E-state index in [4.69, 9.17) is 9.72 Å². The van der Waals surface area contributed by atoms with E-state index in [9.17, 15) is 9.59 Å². The Morgan fingerprint density at radius 1 is 1.08 bits per heavy atom. The molecule has 0 radical (unpaired) electrons. The highest BCUT2D eigenvalue weighted by atomic mass is 16.6. The van der Waals surface area contributed by atoms with Gasteiger partial charge >= 0.3 is 11.8 Å². The first-order chi connectivity index (χ1) is 17.0. The van der Waals surface area contributed by atoms with E-state index in [1.165, 1.54) is 4.90 Å². The van der Waals surface area contributed by atoms with Crippen molar-refractivity contribution < 1.29 is 9.53 Å². The minimum atomic E-state index is -0.572. The molecule has 8 heteroatoms. The second-order valence-corrected chi connectivity index (χ2v) is 10.3. The average molecular weight is 488 g/mol. The van der Waals surface area contributed by atoms with E-state index >= 15 is 0 Å². The van der Waals surface area contributed by atoms with Crippen LogP contribution in [0.15, 0.2) is 59.5 Å². The molecule has 0 atom stereocenters. The zero-order chi connectivity index (χ0) is 26.2. The summed E-state index contributed by atoms with van der Waals surface area (Å²) in [5.74, 6) is 0.913. The fourth-order valence-electron chi connectivity index (χ4n) is 4.10. The zero-order valence-electron chi connectivity index (χ0n) is 21.9. The molecule has 2 aromatic heterocycles. The maximum atomic E-state index is 13.1. The molecule has 0 saturated carbocycles. The van der Waals surface area contributed by atoms with Crippen molar-refractivity contribution in [2.75, 3.05) is 11.9 Å². The maximum absolute atomic E-state index is 13.1. The molecule has 36 heavy (non-hydrogen) atoms. The number of nitrogens with zero attached hydrogens (tertiary/aromatic N) is 5. The van der Waals surface area contributed by atoms with Crippen molar-refractivity contribution in [2.45, 2.75) is 52.7 Å². The summed E-state index contributed by atoms with van der Waals surface area (Å²) < 4.78 is 8.67. The van der Waals surface area contributed by atoms with E-state index in [2.05, 4.69) is 24.9 Å². The number of imidazole rings is 1. The van der Waals surface area contributed by atoms with E-state index in [0.717, 1.165) is 16.7 Å². The molecule has 2 heterocycles. The van der Waals surface area contributed by atoms with Gasteiger partial charge in [0, 0.05) is 25.3 Å². The molecule has 1 amide bonds. The summed E-state index contributed by atoms with van der Waals surface area (Å²) in [6.07, 6.45) is 1.29. The lowest BCUT2D eigenvalue weighted by atomic mass is 9.97. The number of carbonyl (C=O) groups is 1. The Hall–Kier alpha value is -3.94. The summed E-state index contributed by atoms with van der Waals surface area (Å²) >= 11 is 0. The van der Waals surface area contributed by atoms with Crippen molar-refractivity contribution in [3.8, 4) is 11.4 Å². The van der Waals surface area contributed by atoms with Gasteiger partial charge in [-0.2, -0.15) is 0 Å². The zero-order valence-corrected chi connectivity index (χ0v) is 21.9. The summed E-state index contributed by atoms with van der Waals surface area (Å²) in [4.78, 5) is 36.4. The smallest absolute Gasteiger partial charge is 0.414 e. The second kappa shape index (κ2) is 9.60. The molecule has 0 aliphatic heterocycles. The van der Waals surface area contributed by atoms with Crippen LogP contribution >= 0.6 is 0 Å². The molecule has 0 fully saturated rings. The van der Waals surface area contributed by atoms with E-state index in [1.807, 2.05) is 63.2 Å². The van der Waals surface area contributed by atoms with Crippen molar-refractivity contribution in [3.05, 3.63) is 76.3 Å². The lowest BCUT2D eigenvalue weighted by Crippen LogP contribution is -2.34. The summed E-state index contributed by atoms with van der Waals surface area (Å²) in [5, 5.41) is 0. The lowest BCUT2D eigenvalue weighted by molar-refractivity contribution is 0.0589. The van der Waals surface area contributed by atoms with Crippen LogP contribution in [0.2, 0.25) is 0 Å². The number of aryl methyl sites for hydroxylation is 1. The van der Waals surface area contributed by atoms with Gasteiger partial charge in [0.15, 0.2) is 11.5 Å². The fraction of sp³-hybridized carbons (Fsp3) is 0.357. The Kier molecular flexibility index (Phi) is 6.71. The number of hydrogen-bond donors (Lipinski definition) is 0. The van der Waals surface area contributed by atoms with Gasteiger partial charge in [0.2, 0.25) is 0 Å². The Bertz CT molecular complexity index is 1460. The monoisotopic (exact) mass is 487 g/mol. The highest BCUT2D eigenvalue weighted by Crippen LogP contribution is 2.27. The molecule has 4 rings (SSSR count). The number of fused-ring (bicyclic) bond motifs is 1. The van der Waals surface area contributed by atoms with Gasteiger partial charge in [0.05, 0.1) is 12.7 Å². The van der Waals surface area contributed by atoms with Crippen LogP contribution in [0.3, 0.4) is 0 Å². The molecule has 0 bridgehead atoms. The SMILES string of the molecule is CC(C)c1ccccc1-c1ncc2c(n1)n(Cc1ccc(N(C)C(=O)OC(C)(C)C)cc1)c(=O)n2C. The van der Waals surface area contributed by atoms with Gasteiger partial charge in [0.25, 0.3) is 0 Å². The Morgan fingerprint density at radius 2 is 1.75 bits per heavy atom. The number of rotatable bonds is 5. The number of carbonyl (C=O) groups excluding carboxylic acids is 1. The summed E-state index contributed by atoms with van der Waals surface area (Å²) in [6, 6.07) is 15.6. The normalized spacial score (nSPS) is 11.8. The highest BCUT2D eigenvalue weighted by molar-refractivity contribution is 5.87. The van der Waals surface area contributed by atoms with Gasteiger partial charge < -0.3 is 4.74 Å². The van der Waals surface area contributed by atoms with Gasteiger partial charge in [0.1, 0.15) is 11.1 Å². The standard InChI is InChI=1S/C28H33N5O3/c1-18(2)21-10-8-9-11-22(21)24-29-16-23-25(30-24)33(26(34)32(23)7)17-19-12-14-20(15-13-19)31(6)27(35)36-28(3,4)5/h8-16,18H,17H2,1-7H3. The Morgan fingerprint density at radius 3 is 2.39 bits per heavy atom. The number of hydrogen-bond acceptors (Lipinski definition) is 5. The van der Waals surface area contributed by atoms with Crippen LogP contribution < -0.4 is 10.6 Å². The third kappa shape index (κ3) is 5.03. The molecule has 8 nitrogen and oxygen atoms in total. The molecule has 0 aliphatic carbocycles. The van der Waals surface area contributed by atoms with E-state index in [0.29, 0.717) is 35.1 Å². The summed E-state index contributed by atoms with van der Waals surface area (Å²) in [6.45, 7) is 10.1. The predicted molar refractivity (Wildman–Crippen MR) is 142 cm³/mol. The highest BCUT2D eigenvalue weighted by Gasteiger charge is 2.21. The average Bonchev–Trinajstić information content (AvgIpc) is 3.07. The van der Waals surface area contributed by atoms with Gasteiger partial charge in [-0.25, -0.2) is 19.6 Å². The minimum absolute atomic E-state index is 0.163. The van der Waals surface area contributed by atoms with Crippen molar-refractivity contribution in [1.82, 2.24) is 19.1 Å². The van der Waals surface area contributed by atoms with Crippen LogP contribution in [0.25, 0.3) is 22.6 Å². The maximum Gasteiger partial charge on any atom is 0.414 e. The van der Waals surface area contributed by atoms with Crippen LogP contribution in [0.4, 0.5) is 10.5 Å². The second-order valence-electron chi connectivity index (χ2n) is 10.3. The molecule has 4 aromatic rings. The largest absolute Gasteiger partial charge is 0.443 e. The van der Waals surface area contributed by atoms with Crippen molar-refractivity contribution in [1.29, 1.82) is 0 Å². The van der Waals surface area contributed by atoms with Gasteiger partial charge in [-0.15, -0.1) is 0 Å². The quantitative estimate of drug-likeness (QED) is 0.379. The molecule has 0 spiro atoms.